The van der Waals surface area contributed by atoms with Crippen molar-refractivity contribution in [3.05, 3.63) is 24.0 Å². The van der Waals surface area contributed by atoms with Gasteiger partial charge in [-0.05, 0) is 19.1 Å². The summed E-state index contributed by atoms with van der Waals surface area (Å²) in [5.74, 6) is 2.19. The second-order valence-electron chi connectivity index (χ2n) is 3.57. The van der Waals surface area contributed by atoms with Crippen LogP contribution in [0.4, 0.5) is 5.69 Å². The van der Waals surface area contributed by atoms with Gasteiger partial charge in [-0.15, -0.1) is 0 Å². The van der Waals surface area contributed by atoms with Gasteiger partial charge < -0.3 is 10.5 Å². The first-order valence-electron chi connectivity index (χ1n) is 4.93. The predicted octanol–water partition coefficient (Wildman–Crippen LogP) is 1.38. The Bertz CT molecular complexity index is 499. The highest BCUT2D eigenvalue weighted by molar-refractivity contribution is 5.67. The van der Waals surface area contributed by atoms with E-state index in [2.05, 4.69) is 10.1 Å². The Balaban J connectivity index is 2.55. The number of aromatic nitrogens is 3. The molecule has 0 amide bonds. The fourth-order valence-corrected chi connectivity index (χ4v) is 1.47. The van der Waals surface area contributed by atoms with E-state index in [-0.39, 0.29) is 0 Å². The molecule has 1 aromatic heterocycles. The lowest BCUT2D eigenvalue weighted by atomic mass is 10.1. The molecule has 5 heteroatoms. The molecule has 2 aromatic rings. The van der Waals surface area contributed by atoms with E-state index in [0.717, 1.165) is 11.4 Å². The molecule has 0 aliphatic carbocycles. The molecule has 1 aromatic carbocycles. The first-order chi connectivity index (χ1) is 7.61. The van der Waals surface area contributed by atoms with Crippen molar-refractivity contribution in [1.82, 2.24) is 14.8 Å². The topological polar surface area (TPSA) is 66.0 Å². The smallest absolute Gasteiger partial charge is 0.185 e. The van der Waals surface area contributed by atoms with Gasteiger partial charge >= 0.3 is 0 Å². The molecule has 0 saturated carbocycles. The Morgan fingerprint density at radius 2 is 2.12 bits per heavy atom. The molecular formula is C11H14N4O. The fourth-order valence-electron chi connectivity index (χ4n) is 1.47. The van der Waals surface area contributed by atoms with Crippen molar-refractivity contribution in [3.63, 3.8) is 0 Å². The Hall–Kier alpha value is -2.04. The summed E-state index contributed by atoms with van der Waals surface area (Å²) in [4.78, 5) is 4.35. The third-order valence-corrected chi connectivity index (χ3v) is 2.45. The molecule has 2 N–H and O–H groups in total. The minimum Gasteiger partial charge on any atom is -0.496 e. The average molecular weight is 218 g/mol. The van der Waals surface area contributed by atoms with E-state index in [9.17, 15) is 0 Å². The van der Waals surface area contributed by atoms with Gasteiger partial charge in [0.15, 0.2) is 5.82 Å². The number of nitrogen functional groups attached to an aromatic ring is 1. The van der Waals surface area contributed by atoms with Crippen LogP contribution in [0.15, 0.2) is 18.2 Å². The number of aryl methyl sites for hydroxylation is 2. The van der Waals surface area contributed by atoms with Gasteiger partial charge in [-0.3, -0.25) is 4.68 Å². The molecule has 0 fully saturated rings. The number of nitrogens with two attached hydrogens (primary N) is 1. The third-order valence-electron chi connectivity index (χ3n) is 2.45. The number of benzene rings is 1. The van der Waals surface area contributed by atoms with Crippen molar-refractivity contribution in [3.8, 4) is 17.1 Å². The van der Waals surface area contributed by atoms with E-state index in [0.29, 0.717) is 17.3 Å². The summed E-state index contributed by atoms with van der Waals surface area (Å²) in [7, 11) is 3.46. The summed E-state index contributed by atoms with van der Waals surface area (Å²) in [6.07, 6.45) is 0. The van der Waals surface area contributed by atoms with Crippen molar-refractivity contribution in [1.29, 1.82) is 0 Å². The molecule has 0 atom stereocenters. The van der Waals surface area contributed by atoms with E-state index in [1.807, 2.05) is 26.1 Å². The number of ether oxygens (including phenoxy) is 1. The standard InChI is InChI=1S/C11H14N4O/c1-7-13-11(14-15(7)2)9-5-4-8(12)6-10(9)16-3/h4-6H,12H2,1-3H3. The SMILES string of the molecule is COc1cc(N)ccc1-c1nc(C)n(C)n1. The van der Waals surface area contributed by atoms with Crippen LogP contribution >= 0.6 is 0 Å². The van der Waals surface area contributed by atoms with Gasteiger partial charge in [0.1, 0.15) is 11.6 Å². The van der Waals surface area contributed by atoms with Crippen LogP contribution in [0.1, 0.15) is 5.82 Å². The zero-order valence-corrected chi connectivity index (χ0v) is 9.56. The quantitative estimate of drug-likeness (QED) is 0.773. The normalized spacial score (nSPS) is 10.4. The highest BCUT2D eigenvalue weighted by atomic mass is 16.5. The monoisotopic (exact) mass is 218 g/mol. The lowest BCUT2D eigenvalue weighted by molar-refractivity contribution is 0.416. The number of rotatable bonds is 2. The van der Waals surface area contributed by atoms with Gasteiger partial charge in [0, 0.05) is 18.8 Å². The largest absolute Gasteiger partial charge is 0.496 e. The fraction of sp³-hybridized carbons (Fsp3) is 0.273. The van der Waals surface area contributed by atoms with Gasteiger partial charge in [-0.1, -0.05) is 0 Å². The van der Waals surface area contributed by atoms with Crippen molar-refractivity contribution < 1.29 is 4.74 Å². The Kier molecular flexibility index (Phi) is 2.52. The molecule has 0 unspecified atom stereocenters. The van der Waals surface area contributed by atoms with Crippen LogP contribution in [0.25, 0.3) is 11.4 Å². The van der Waals surface area contributed by atoms with Gasteiger partial charge in [-0.25, -0.2) is 4.98 Å². The highest BCUT2D eigenvalue weighted by Gasteiger charge is 2.11. The van der Waals surface area contributed by atoms with Crippen LogP contribution in [0.2, 0.25) is 0 Å². The molecular weight excluding hydrogens is 204 g/mol. The Labute approximate surface area is 93.9 Å². The van der Waals surface area contributed by atoms with Crippen molar-refractivity contribution in [2.24, 2.45) is 7.05 Å². The molecule has 0 radical (unpaired) electrons. The number of nitrogens with zero attached hydrogens (tertiary/aromatic N) is 3. The molecule has 0 spiro atoms. The van der Waals surface area contributed by atoms with E-state index in [1.54, 1.807) is 17.9 Å². The van der Waals surface area contributed by atoms with Crippen LogP contribution in [0.5, 0.6) is 5.75 Å². The summed E-state index contributed by atoms with van der Waals surface area (Å²) < 4.78 is 6.99. The van der Waals surface area contributed by atoms with Crippen molar-refractivity contribution in [2.45, 2.75) is 6.92 Å². The van der Waals surface area contributed by atoms with E-state index in [1.165, 1.54) is 0 Å². The second kappa shape index (κ2) is 3.84. The number of methoxy groups -OCH3 is 1. The van der Waals surface area contributed by atoms with Crippen LogP contribution in [-0.2, 0) is 7.05 Å². The van der Waals surface area contributed by atoms with Gasteiger partial charge in [0.05, 0.1) is 12.7 Å². The zero-order chi connectivity index (χ0) is 11.7. The number of hydrogen-bond donors (Lipinski definition) is 1. The van der Waals surface area contributed by atoms with Gasteiger partial charge in [0.25, 0.3) is 0 Å². The molecule has 0 aliphatic rings. The summed E-state index contributed by atoms with van der Waals surface area (Å²) >= 11 is 0. The van der Waals surface area contributed by atoms with Crippen LogP contribution < -0.4 is 10.5 Å². The summed E-state index contributed by atoms with van der Waals surface area (Å²) in [5, 5.41) is 4.30. The van der Waals surface area contributed by atoms with Crippen LogP contribution in [0.3, 0.4) is 0 Å². The maximum atomic E-state index is 5.69. The zero-order valence-electron chi connectivity index (χ0n) is 9.56. The molecule has 5 nitrogen and oxygen atoms in total. The molecule has 0 saturated heterocycles. The van der Waals surface area contributed by atoms with E-state index < -0.39 is 0 Å². The first kappa shape index (κ1) is 10.5. The summed E-state index contributed by atoms with van der Waals surface area (Å²) in [5.41, 5.74) is 7.20. The van der Waals surface area contributed by atoms with E-state index >= 15 is 0 Å². The molecule has 1 heterocycles. The Morgan fingerprint density at radius 3 is 2.69 bits per heavy atom. The second-order valence-corrected chi connectivity index (χ2v) is 3.57. The molecule has 0 bridgehead atoms. The third kappa shape index (κ3) is 1.71. The number of anilines is 1. The maximum Gasteiger partial charge on any atom is 0.185 e. The van der Waals surface area contributed by atoms with Crippen LogP contribution in [-0.4, -0.2) is 21.9 Å². The lowest BCUT2D eigenvalue weighted by Crippen LogP contribution is -1.94. The molecule has 2 rings (SSSR count). The average Bonchev–Trinajstić information content (AvgIpc) is 2.59. The maximum absolute atomic E-state index is 5.69. The first-order valence-corrected chi connectivity index (χ1v) is 4.93. The predicted molar refractivity (Wildman–Crippen MR) is 62.1 cm³/mol. The van der Waals surface area contributed by atoms with Gasteiger partial charge in [0.2, 0.25) is 0 Å². The molecule has 16 heavy (non-hydrogen) atoms. The lowest BCUT2D eigenvalue weighted by Gasteiger charge is -2.05. The Morgan fingerprint density at radius 1 is 1.38 bits per heavy atom. The van der Waals surface area contributed by atoms with Crippen molar-refractivity contribution in [2.75, 3.05) is 12.8 Å². The minimum atomic E-state index is 0.650. The van der Waals surface area contributed by atoms with Crippen LogP contribution in [0, 0.1) is 6.92 Å². The number of hydrogen-bond acceptors (Lipinski definition) is 4. The minimum absolute atomic E-state index is 0.650. The highest BCUT2D eigenvalue weighted by Crippen LogP contribution is 2.29. The van der Waals surface area contributed by atoms with Crippen molar-refractivity contribution >= 4 is 5.69 Å². The molecule has 0 aliphatic heterocycles. The van der Waals surface area contributed by atoms with E-state index in [4.69, 9.17) is 10.5 Å². The van der Waals surface area contributed by atoms with Gasteiger partial charge in [-0.2, -0.15) is 5.10 Å². The summed E-state index contributed by atoms with van der Waals surface area (Å²) in [6, 6.07) is 5.44. The summed E-state index contributed by atoms with van der Waals surface area (Å²) in [6.45, 7) is 1.90. The molecule has 84 valence electrons.